The lowest BCUT2D eigenvalue weighted by Gasteiger charge is -1.97. The third kappa shape index (κ3) is 5.70. The van der Waals surface area contributed by atoms with E-state index >= 15 is 0 Å². The van der Waals surface area contributed by atoms with E-state index in [0.29, 0.717) is 0 Å². The number of aromatic nitrogens is 2. The number of benzene rings is 6. The van der Waals surface area contributed by atoms with Crippen LogP contribution in [-0.4, -0.2) is 9.13 Å². The Balaban J connectivity index is 0.000000112. The van der Waals surface area contributed by atoms with Crippen LogP contribution in [0.3, 0.4) is 0 Å². The maximum atomic E-state index is 2.29. The minimum Gasteiger partial charge on any atom is -0.344 e. The van der Waals surface area contributed by atoms with Gasteiger partial charge in [0.05, 0.1) is 0 Å². The van der Waals surface area contributed by atoms with E-state index in [9.17, 15) is 0 Å². The molecule has 0 unspecified atom stereocenters. The zero-order valence-corrected chi connectivity index (χ0v) is 29.5. The van der Waals surface area contributed by atoms with E-state index in [1.54, 1.807) is 0 Å². The van der Waals surface area contributed by atoms with Gasteiger partial charge in [0, 0.05) is 77.9 Å². The molecule has 0 amide bonds. The monoisotopic (exact) mass is 630 g/mol. The molecule has 0 fully saturated rings. The fraction of sp³-hybridized carbons (Fsp3) is 0.182. The topological polar surface area (TPSA) is 9.86 Å². The molecule has 9 rings (SSSR count). The molecule has 0 N–H and O–H groups in total. The normalized spacial score (nSPS) is 11.4. The molecule has 9 aromatic rings. The van der Waals surface area contributed by atoms with Crippen LogP contribution in [0, 0.1) is 41.5 Å². The van der Waals surface area contributed by atoms with E-state index in [1.807, 2.05) is 11.3 Å². The summed E-state index contributed by atoms with van der Waals surface area (Å²) in [5.74, 6) is 0. The van der Waals surface area contributed by atoms with Gasteiger partial charge in [0.1, 0.15) is 0 Å². The van der Waals surface area contributed by atoms with Crippen LogP contribution < -0.4 is 0 Å². The van der Waals surface area contributed by atoms with Crippen LogP contribution in [0.2, 0.25) is 0 Å². The van der Waals surface area contributed by atoms with Gasteiger partial charge < -0.3 is 9.13 Å². The van der Waals surface area contributed by atoms with Crippen LogP contribution in [0.5, 0.6) is 0 Å². The summed E-state index contributed by atoms with van der Waals surface area (Å²) in [5, 5.41) is 8.25. The molecule has 0 saturated heterocycles. The molecule has 0 radical (unpaired) electrons. The maximum absolute atomic E-state index is 2.29. The Labute approximate surface area is 281 Å². The molecule has 3 aromatic heterocycles. The van der Waals surface area contributed by atoms with E-state index < -0.39 is 0 Å². The van der Waals surface area contributed by atoms with Gasteiger partial charge in [-0.15, -0.1) is 11.3 Å². The maximum Gasteiger partial charge on any atom is 0.0488 e. The van der Waals surface area contributed by atoms with Gasteiger partial charge in [-0.25, -0.2) is 0 Å². The molecule has 0 bridgehead atoms. The van der Waals surface area contributed by atoms with E-state index in [2.05, 4.69) is 174 Å². The second-order valence-electron chi connectivity index (χ2n) is 13.3. The predicted molar refractivity (Wildman–Crippen MR) is 209 cm³/mol. The lowest BCUT2D eigenvalue weighted by Crippen LogP contribution is -1.86. The molecule has 2 nitrogen and oxygen atoms in total. The highest BCUT2D eigenvalue weighted by Gasteiger charge is 2.09. The molecule has 0 spiro atoms. The van der Waals surface area contributed by atoms with Crippen LogP contribution in [0.25, 0.3) is 63.8 Å². The largest absolute Gasteiger partial charge is 0.344 e. The second kappa shape index (κ2) is 12.1. The number of rotatable bonds is 0. The summed E-state index contributed by atoms with van der Waals surface area (Å²) in [5.41, 5.74) is 13.2. The van der Waals surface area contributed by atoms with Crippen LogP contribution in [0.15, 0.2) is 109 Å². The molecule has 0 atom stereocenters. The van der Waals surface area contributed by atoms with Crippen molar-refractivity contribution in [3.8, 4) is 0 Å². The first-order chi connectivity index (χ1) is 22.6. The van der Waals surface area contributed by atoms with Gasteiger partial charge in [0.15, 0.2) is 0 Å². The van der Waals surface area contributed by atoms with Gasteiger partial charge >= 0.3 is 0 Å². The molecule has 47 heavy (non-hydrogen) atoms. The van der Waals surface area contributed by atoms with Crippen molar-refractivity contribution in [1.29, 1.82) is 0 Å². The van der Waals surface area contributed by atoms with Crippen molar-refractivity contribution in [2.75, 3.05) is 0 Å². The number of hydrogen-bond acceptors (Lipinski definition) is 1. The van der Waals surface area contributed by atoms with Crippen molar-refractivity contribution in [2.24, 2.45) is 14.1 Å². The van der Waals surface area contributed by atoms with Gasteiger partial charge in [-0.1, -0.05) is 69.8 Å². The minimum atomic E-state index is 1.31. The van der Waals surface area contributed by atoms with E-state index in [-0.39, 0.29) is 0 Å². The summed E-state index contributed by atoms with van der Waals surface area (Å²) in [6, 6.07) is 40.0. The molecular formula is C44H42N2S. The fourth-order valence-corrected chi connectivity index (χ4v) is 7.96. The molecular weight excluding hydrogens is 589 g/mol. The summed E-state index contributed by atoms with van der Waals surface area (Å²) in [4.78, 5) is 0. The van der Waals surface area contributed by atoms with Crippen LogP contribution in [0.4, 0.5) is 0 Å². The number of nitrogens with zero attached hydrogens (tertiary/aromatic N) is 2. The van der Waals surface area contributed by atoms with Gasteiger partial charge in [0.2, 0.25) is 0 Å². The highest BCUT2D eigenvalue weighted by molar-refractivity contribution is 7.25. The van der Waals surface area contributed by atoms with Crippen LogP contribution >= 0.6 is 11.3 Å². The highest BCUT2D eigenvalue weighted by Crippen LogP contribution is 2.35. The smallest absolute Gasteiger partial charge is 0.0488 e. The molecule has 0 aliphatic carbocycles. The Hall–Kier alpha value is -4.86. The third-order valence-corrected chi connectivity index (χ3v) is 10.6. The van der Waals surface area contributed by atoms with Gasteiger partial charge in [-0.05, 0) is 114 Å². The molecule has 0 aliphatic rings. The second-order valence-corrected chi connectivity index (χ2v) is 14.4. The van der Waals surface area contributed by atoms with E-state index in [0.717, 1.165) is 0 Å². The first kappa shape index (κ1) is 30.8. The lowest BCUT2D eigenvalue weighted by atomic mass is 10.1. The van der Waals surface area contributed by atoms with E-state index in [1.165, 1.54) is 97.2 Å². The Morgan fingerprint density at radius 1 is 0.319 bits per heavy atom. The number of thiophene rings is 1. The summed E-state index contributed by atoms with van der Waals surface area (Å²) in [6.45, 7) is 12.9. The quantitative estimate of drug-likeness (QED) is 0.158. The standard InChI is InChI=1S/2C15H15N.C14H12S/c2*1-10-4-6-14-12(8-10)13-9-11(2)5-7-15(13)16(14)3;1-9-3-5-13-11(7-9)12-8-10(2)4-6-14(12)15-13/h2*4-9H,1-3H3;3-8H,1-2H3. The summed E-state index contributed by atoms with van der Waals surface area (Å²) in [7, 11) is 4.27. The Kier molecular flexibility index (Phi) is 7.90. The van der Waals surface area contributed by atoms with Crippen molar-refractivity contribution in [2.45, 2.75) is 41.5 Å². The summed E-state index contributed by atoms with van der Waals surface area (Å²) < 4.78 is 7.31. The van der Waals surface area contributed by atoms with Crippen molar-refractivity contribution >= 4 is 75.1 Å². The van der Waals surface area contributed by atoms with Crippen molar-refractivity contribution in [3.63, 3.8) is 0 Å². The van der Waals surface area contributed by atoms with E-state index in [4.69, 9.17) is 0 Å². The molecule has 6 aromatic carbocycles. The Morgan fingerprint density at radius 3 is 0.830 bits per heavy atom. The zero-order valence-electron chi connectivity index (χ0n) is 28.7. The molecule has 3 heteroatoms. The molecule has 0 saturated carbocycles. The van der Waals surface area contributed by atoms with Crippen LogP contribution in [-0.2, 0) is 14.1 Å². The number of hydrogen-bond donors (Lipinski definition) is 0. The minimum absolute atomic E-state index is 1.31. The molecule has 3 heterocycles. The summed E-state index contributed by atoms with van der Waals surface area (Å²) >= 11 is 1.88. The average Bonchev–Trinajstić information content (AvgIpc) is 3.64. The van der Waals surface area contributed by atoms with Crippen LogP contribution in [0.1, 0.15) is 33.4 Å². The SMILES string of the molecule is Cc1ccc2c(c1)c1cc(C)ccc1n2C.Cc1ccc2c(c1)c1cc(C)ccc1n2C.Cc1ccc2sc3ccc(C)cc3c2c1. The third-order valence-electron chi connectivity index (χ3n) is 9.41. The van der Waals surface area contributed by atoms with Crippen molar-refractivity contribution in [1.82, 2.24) is 9.13 Å². The first-order valence-corrected chi connectivity index (χ1v) is 17.2. The van der Waals surface area contributed by atoms with Gasteiger partial charge in [-0.3, -0.25) is 0 Å². The van der Waals surface area contributed by atoms with Crippen molar-refractivity contribution < 1.29 is 0 Å². The lowest BCUT2D eigenvalue weighted by molar-refractivity contribution is 1.01. The predicted octanol–water partition coefficient (Wildman–Crippen LogP) is 12.6. The number of fused-ring (bicyclic) bond motifs is 9. The number of aryl methyl sites for hydroxylation is 8. The first-order valence-electron chi connectivity index (χ1n) is 16.4. The van der Waals surface area contributed by atoms with Gasteiger partial charge in [0.25, 0.3) is 0 Å². The fourth-order valence-electron chi connectivity index (χ4n) is 6.90. The highest BCUT2D eigenvalue weighted by atomic mass is 32.1. The molecule has 234 valence electrons. The van der Waals surface area contributed by atoms with Gasteiger partial charge in [-0.2, -0.15) is 0 Å². The average molecular weight is 631 g/mol. The summed E-state index contributed by atoms with van der Waals surface area (Å²) in [6.07, 6.45) is 0. The Bertz CT molecular complexity index is 2310. The zero-order chi connectivity index (χ0) is 33.0. The Morgan fingerprint density at radius 2 is 0.553 bits per heavy atom. The van der Waals surface area contributed by atoms with Crippen molar-refractivity contribution in [3.05, 3.63) is 143 Å². The molecule has 0 aliphatic heterocycles.